The number of unbranched alkanes of at least 4 members (excludes halogenated alkanes) is 4. The molecular weight excluding hydrogens is 295 g/mol. The Kier molecular flexibility index (Phi) is 7.63. The van der Waals surface area contributed by atoms with Crippen molar-refractivity contribution in [2.24, 2.45) is 0 Å². The zero-order chi connectivity index (χ0) is 16.4. The fraction of sp³-hybridized carbons (Fsp3) is 0.500. The molecular formula is C16H20F3NO2. The van der Waals surface area contributed by atoms with Gasteiger partial charge in [-0.15, -0.1) is 0 Å². The Hall–Kier alpha value is -1.85. The number of alkyl halides is 3. The van der Waals surface area contributed by atoms with Crippen LogP contribution in [0.4, 0.5) is 18.9 Å². The van der Waals surface area contributed by atoms with E-state index in [1.54, 1.807) is 12.1 Å². The lowest BCUT2D eigenvalue weighted by Crippen LogP contribution is -2.22. The number of amides is 1. The Morgan fingerprint density at radius 1 is 0.864 bits per heavy atom. The van der Waals surface area contributed by atoms with Crippen LogP contribution in [0.5, 0.6) is 0 Å². The largest absolute Gasteiger partial charge is 0.449 e. The molecule has 6 heteroatoms. The summed E-state index contributed by atoms with van der Waals surface area (Å²) in [7, 11) is 0. The van der Waals surface area contributed by atoms with E-state index >= 15 is 0 Å². The van der Waals surface area contributed by atoms with E-state index in [0.717, 1.165) is 18.5 Å². The average Bonchev–Trinajstić information content (AvgIpc) is 2.46. The Bertz CT molecular complexity index is 472. The first-order valence-electron chi connectivity index (χ1n) is 7.34. The molecule has 1 aromatic carbocycles. The Balaban J connectivity index is 2.02. The smallest absolute Gasteiger partial charge is 0.326 e. The van der Waals surface area contributed by atoms with Crippen molar-refractivity contribution >= 4 is 17.4 Å². The number of rotatable bonds is 9. The molecule has 1 rings (SSSR count). The highest BCUT2D eigenvalue weighted by Crippen LogP contribution is 2.19. The number of carbonyl (C=O) groups is 2. The van der Waals surface area contributed by atoms with Gasteiger partial charge in [-0.25, -0.2) is 0 Å². The normalized spacial score (nSPS) is 11.2. The first-order chi connectivity index (χ1) is 10.4. The molecule has 0 saturated carbocycles. The molecule has 0 saturated heterocycles. The second-order valence-electron chi connectivity index (χ2n) is 5.10. The lowest BCUT2D eigenvalue weighted by molar-refractivity contribution is -0.171. The van der Waals surface area contributed by atoms with Crippen LogP contribution < -0.4 is 5.32 Å². The van der Waals surface area contributed by atoms with Crippen molar-refractivity contribution in [2.45, 2.75) is 51.1 Å². The molecule has 3 nitrogen and oxygen atoms in total. The maximum absolute atomic E-state index is 12.0. The van der Waals surface area contributed by atoms with Gasteiger partial charge in [0.2, 0.25) is 11.7 Å². The lowest BCUT2D eigenvalue weighted by atomic mass is 10.1. The van der Waals surface area contributed by atoms with Gasteiger partial charge in [0.05, 0.1) is 0 Å². The van der Waals surface area contributed by atoms with Crippen molar-refractivity contribution in [3.63, 3.8) is 0 Å². The minimum atomic E-state index is -4.71. The first-order valence-corrected chi connectivity index (χ1v) is 7.34. The number of Topliss-reactive ketones (excluding diaryl/α,β-unsaturated/α-hetero) is 1. The predicted octanol–water partition coefficient (Wildman–Crippen LogP) is 4.49. The summed E-state index contributed by atoms with van der Waals surface area (Å²) in [5.41, 5.74) is 0.748. The standard InChI is InChI=1S/C16H20F3NO2/c17-16(18,19)14(21)11-7-2-1-3-8-12-15(22)20-13-9-5-4-6-10-13/h4-6,9-10H,1-3,7-8,11-12H2,(H,20,22). The number of hydrogen-bond donors (Lipinski definition) is 1. The van der Waals surface area contributed by atoms with E-state index in [1.807, 2.05) is 18.2 Å². The van der Waals surface area contributed by atoms with Crippen molar-refractivity contribution < 1.29 is 22.8 Å². The second-order valence-corrected chi connectivity index (χ2v) is 5.10. The minimum Gasteiger partial charge on any atom is -0.326 e. The van der Waals surface area contributed by atoms with Gasteiger partial charge in [-0.2, -0.15) is 13.2 Å². The van der Waals surface area contributed by atoms with Crippen molar-refractivity contribution in [3.05, 3.63) is 30.3 Å². The molecule has 1 N–H and O–H groups in total. The molecule has 0 atom stereocenters. The SMILES string of the molecule is O=C(CCCCCCCC(=O)C(F)(F)F)Nc1ccccc1. The third-order valence-electron chi connectivity index (χ3n) is 3.18. The Morgan fingerprint density at radius 2 is 1.41 bits per heavy atom. The zero-order valence-corrected chi connectivity index (χ0v) is 12.3. The minimum absolute atomic E-state index is 0.0709. The Morgan fingerprint density at radius 3 is 2.00 bits per heavy atom. The van der Waals surface area contributed by atoms with Crippen LogP contribution in [0.15, 0.2) is 30.3 Å². The molecule has 0 radical (unpaired) electrons. The number of nitrogens with one attached hydrogen (secondary N) is 1. The van der Waals surface area contributed by atoms with E-state index in [-0.39, 0.29) is 12.3 Å². The number of hydrogen-bond acceptors (Lipinski definition) is 2. The van der Waals surface area contributed by atoms with Crippen LogP contribution in [-0.2, 0) is 9.59 Å². The van der Waals surface area contributed by atoms with Crippen LogP contribution in [0, 0.1) is 0 Å². The van der Waals surface area contributed by atoms with E-state index in [1.165, 1.54) is 0 Å². The van der Waals surface area contributed by atoms with Gasteiger partial charge < -0.3 is 5.32 Å². The van der Waals surface area contributed by atoms with Gasteiger partial charge in [0.15, 0.2) is 0 Å². The predicted molar refractivity (Wildman–Crippen MR) is 78.5 cm³/mol. The molecule has 22 heavy (non-hydrogen) atoms. The number of para-hydroxylation sites is 1. The fourth-order valence-corrected chi connectivity index (χ4v) is 1.99. The summed E-state index contributed by atoms with van der Waals surface area (Å²) in [6.45, 7) is 0. The molecule has 0 bridgehead atoms. The van der Waals surface area contributed by atoms with E-state index in [9.17, 15) is 22.8 Å². The second kappa shape index (κ2) is 9.23. The van der Waals surface area contributed by atoms with Gasteiger partial charge in [0, 0.05) is 18.5 Å². The lowest BCUT2D eigenvalue weighted by Gasteiger charge is -2.06. The van der Waals surface area contributed by atoms with Gasteiger partial charge in [-0.05, 0) is 25.0 Å². The number of benzene rings is 1. The van der Waals surface area contributed by atoms with Crippen LogP contribution in [0.25, 0.3) is 0 Å². The highest BCUT2D eigenvalue weighted by molar-refractivity contribution is 5.90. The molecule has 0 spiro atoms. The number of carbonyl (C=O) groups excluding carboxylic acids is 2. The molecule has 0 fully saturated rings. The van der Waals surface area contributed by atoms with E-state index in [2.05, 4.69) is 5.32 Å². The van der Waals surface area contributed by atoms with E-state index < -0.39 is 18.4 Å². The zero-order valence-electron chi connectivity index (χ0n) is 12.3. The molecule has 0 heterocycles. The summed E-state index contributed by atoms with van der Waals surface area (Å²) in [4.78, 5) is 22.3. The number of halogens is 3. The topological polar surface area (TPSA) is 46.2 Å². The molecule has 0 aliphatic heterocycles. The van der Waals surface area contributed by atoms with E-state index in [4.69, 9.17) is 0 Å². The van der Waals surface area contributed by atoms with Crippen LogP contribution in [-0.4, -0.2) is 17.9 Å². The van der Waals surface area contributed by atoms with Crippen LogP contribution in [0.2, 0.25) is 0 Å². The molecule has 1 aromatic rings. The van der Waals surface area contributed by atoms with Crippen molar-refractivity contribution in [3.8, 4) is 0 Å². The molecule has 0 unspecified atom stereocenters. The number of ketones is 1. The van der Waals surface area contributed by atoms with Crippen molar-refractivity contribution in [1.82, 2.24) is 0 Å². The Labute approximate surface area is 127 Å². The van der Waals surface area contributed by atoms with Gasteiger partial charge in [0.1, 0.15) is 0 Å². The first kappa shape index (κ1) is 18.2. The third kappa shape index (κ3) is 7.81. The highest BCUT2D eigenvalue weighted by atomic mass is 19.4. The van der Waals surface area contributed by atoms with Gasteiger partial charge >= 0.3 is 6.18 Å². The summed E-state index contributed by atoms with van der Waals surface area (Å²) in [5, 5.41) is 2.77. The molecule has 1 amide bonds. The third-order valence-corrected chi connectivity index (χ3v) is 3.18. The highest BCUT2D eigenvalue weighted by Gasteiger charge is 2.36. The summed E-state index contributed by atoms with van der Waals surface area (Å²) in [5.74, 6) is -1.73. The number of anilines is 1. The fourth-order valence-electron chi connectivity index (χ4n) is 1.99. The summed E-state index contributed by atoms with van der Waals surface area (Å²) in [6, 6.07) is 9.13. The van der Waals surface area contributed by atoms with Gasteiger partial charge in [-0.3, -0.25) is 9.59 Å². The monoisotopic (exact) mass is 315 g/mol. The van der Waals surface area contributed by atoms with Gasteiger partial charge in [-0.1, -0.05) is 37.5 Å². The summed E-state index contributed by atoms with van der Waals surface area (Å²) in [6.07, 6.45) is -1.78. The van der Waals surface area contributed by atoms with E-state index in [0.29, 0.717) is 19.3 Å². The maximum atomic E-state index is 12.0. The summed E-state index contributed by atoms with van der Waals surface area (Å²) < 4.78 is 35.9. The van der Waals surface area contributed by atoms with Crippen molar-refractivity contribution in [1.29, 1.82) is 0 Å². The van der Waals surface area contributed by atoms with Crippen molar-refractivity contribution in [2.75, 3.05) is 5.32 Å². The summed E-state index contributed by atoms with van der Waals surface area (Å²) >= 11 is 0. The van der Waals surface area contributed by atoms with Gasteiger partial charge in [0.25, 0.3) is 0 Å². The molecule has 0 aromatic heterocycles. The van der Waals surface area contributed by atoms with Crippen LogP contribution in [0.3, 0.4) is 0 Å². The quantitative estimate of drug-likeness (QED) is 0.683. The average molecular weight is 315 g/mol. The molecule has 0 aliphatic carbocycles. The van der Waals surface area contributed by atoms with Crippen LogP contribution in [0.1, 0.15) is 44.9 Å². The molecule has 0 aliphatic rings. The molecule has 122 valence electrons. The van der Waals surface area contributed by atoms with Crippen LogP contribution >= 0.6 is 0 Å². The maximum Gasteiger partial charge on any atom is 0.449 e.